The molecule has 2 heterocycles. The molecule has 6 nitrogen and oxygen atoms in total. The summed E-state index contributed by atoms with van der Waals surface area (Å²) in [5.74, 6) is 0.589. The number of anilines is 2. The molecule has 1 N–H and O–H groups in total. The average Bonchev–Trinajstić information content (AvgIpc) is 2.84. The number of aromatic nitrogens is 2. The highest BCUT2D eigenvalue weighted by atomic mass is 35.5. The van der Waals surface area contributed by atoms with Crippen LogP contribution in [0.3, 0.4) is 0 Å². The molecule has 2 aromatic carbocycles. The van der Waals surface area contributed by atoms with Gasteiger partial charge in [-0.25, -0.2) is 9.97 Å². The van der Waals surface area contributed by atoms with Gasteiger partial charge in [-0.15, -0.1) is 0 Å². The summed E-state index contributed by atoms with van der Waals surface area (Å²) in [6.07, 6.45) is 3.75. The summed E-state index contributed by atoms with van der Waals surface area (Å²) in [5.41, 5.74) is 3.31. The van der Waals surface area contributed by atoms with Crippen LogP contribution in [0.15, 0.2) is 60.8 Å². The Labute approximate surface area is 200 Å². The van der Waals surface area contributed by atoms with E-state index in [0.717, 1.165) is 42.9 Å². The highest BCUT2D eigenvalue weighted by molar-refractivity contribution is 6.30. The van der Waals surface area contributed by atoms with Crippen LogP contribution in [0.5, 0.6) is 0 Å². The van der Waals surface area contributed by atoms with Gasteiger partial charge in [0.1, 0.15) is 0 Å². The number of hydrogen-bond acceptors (Lipinski definition) is 5. The summed E-state index contributed by atoms with van der Waals surface area (Å²) in [4.78, 5) is 26.2. The second kappa shape index (κ2) is 10.3. The van der Waals surface area contributed by atoms with Crippen molar-refractivity contribution in [1.29, 1.82) is 0 Å². The number of likely N-dealkylation sites (tertiary alicyclic amines) is 1. The summed E-state index contributed by atoms with van der Waals surface area (Å²) in [5, 5.41) is 3.91. The molecule has 1 fully saturated rings. The number of nitrogens with zero attached hydrogens (tertiary/aromatic N) is 4. The van der Waals surface area contributed by atoms with E-state index in [4.69, 9.17) is 11.6 Å². The maximum atomic E-state index is 13.0. The molecule has 33 heavy (non-hydrogen) atoms. The Morgan fingerprint density at radius 2 is 1.73 bits per heavy atom. The molecule has 3 aromatic rings. The fourth-order valence-electron chi connectivity index (χ4n) is 4.11. The Morgan fingerprint density at radius 1 is 1.06 bits per heavy atom. The van der Waals surface area contributed by atoms with E-state index in [1.54, 1.807) is 6.20 Å². The maximum Gasteiger partial charge on any atom is 0.253 e. The van der Waals surface area contributed by atoms with Crippen LogP contribution in [0.25, 0.3) is 11.3 Å². The van der Waals surface area contributed by atoms with Crippen molar-refractivity contribution in [3.8, 4) is 11.3 Å². The molecule has 0 spiro atoms. The van der Waals surface area contributed by atoms with Gasteiger partial charge >= 0.3 is 0 Å². The van der Waals surface area contributed by atoms with Crippen molar-refractivity contribution >= 4 is 29.1 Å². The third kappa shape index (κ3) is 5.70. The van der Waals surface area contributed by atoms with Crippen LogP contribution < -0.4 is 5.32 Å². The van der Waals surface area contributed by atoms with Crippen LogP contribution in [-0.4, -0.2) is 57.9 Å². The predicted molar refractivity (Wildman–Crippen MR) is 134 cm³/mol. The monoisotopic (exact) mass is 463 g/mol. The van der Waals surface area contributed by atoms with E-state index in [-0.39, 0.29) is 5.91 Å². The van der Waals surface area contributed by atoms with E-state index in [1.807, 2.05) is 59.5 Å². The minimum atomic E-state index is 0.0909. The molecular weight excluding hydrogens is 434 g/mol. The smallest absolute Gasteiger partial charge is 0.253 e. The third-order valence-corrected chi connectivity index (χ3v) is 6.58. The molecule has 0 radical (unpaired) electrons. The first-order chi connectivity index (χ1) is 15.9. The molecule has 172 valence electrons. The zero-order chi connectivity index (χ0) is 23.4. The van der Waals surface area contributed by atoms with Crippen molar-refractivity contribution in [2.75, 3.05) is 25.5 Å². The lowest BCUT2D eigenvalue weighted by Crippen LogP contribution is -2.47. The van der Waals surface area contributed by atoms with Gasteiger partial charge in [0, 0.05) is 53.2 Å². The van der Waals surface area contributed by atoms with Crippen molar-refractivity contribution in [1.82, 2.24) is 19.8 Å². The van der Waals surface area contributed by atoms with Gasteiger partial charge in [0.25, 0.3) is 5.91 Å². The van der Waals surface area contributed by atoms with Crippen LogP contribution in [-0.2, 0) is 0 Å². The predicted octanol–water partition coefficient (Wildman–Crippen LogP) is 5.49. The van der Waals surface area contributed by atoms with Crippen molar-refractivity contribution in [3.05, 3.63) is 71.4 Å². The van der Waals surface area contributed by atoms with Crippen LogP contribution in [0.4, 0.5) is 11.6 Å². The SMILES string of the molecule is CC(C)N(C)C1CCN(C(=O)c2ccc(Nc3nccc(-c4ccc(Cl)cc4)n3)cc2)CC1. The molecule has 7 heteroatoms. The molecule has 1 aliphatic rings. The second-order valence-corrected chi connectivity index (χ2v) is 9.19. The molecule has 0 unspecified atom stereocenters. The number of piperidine rings is 1. The lowest BCUT2D eigenvalue weighted by molar-refractivity contribution is 0.0617. The normalized spacial score (nSPS) is 14.7. The highest BCUT2D eigenvalue weighted by Crippen LogP contribution is 2.23. The molecule has 0 atom stereocenters. The summed E-state index contributed by atoms with van der Waals surface area (Å²) in [7, 11) is 2.17. The van der Waals surface area contributed by atoms with Gasteiger partial charge in [-0.1, -0.05) is 23.7 Å². The first kappa shape index (κ1) is 23.2. The molecule has 4 rings (SSSR count). The van der Waals surface area contributed by atoms with Crippen molar-refractivity contribution in [2.24, 2.45) is 0 Å². The second-order valence-electron chi connectivity index (χ2n) is 8.76. The fraction of sp³-hybridized carbons (Fsp3) is 0.346. The maximum absolute atomic E-state index is 13.0. The number of carbonyl (C=O) groups is 1. The van der Waals surface area contributed by atoms with Crippen LogP contribution in [0.1, 0.15) is 37.0 Å². The molecule has 1 aliphatic heterocycles. The standard InChI is InChI=1S/C26H30ClN5O/c1-18(2)31(3)23-13-16-32(17-14-23)25(33)20-6-10-22(11-7-20)29-26-28-15-12-24(30-26)19-4-8-21(27)9-5-19/h4-12,15,18,23H,13-14,16-17H2,1-3H3,(H,28,29,30). The number of carbonyl (C=O) groups excluding carboxylic acids is 1. The topological polar surface area (TPSA) is 61.4 Å². The minimum Gasteiger partial charge on any atom is -0.339 e. The summed E-state index contributed by atoms with van der Waals surface area (Å²) in [6, 6.07) is 18.0. The Balaban J connectivity index is 1.37. The van der Waals surface area contributed by atoms with Crippen LogP contribution in [0.2, 0.25) is 5.02 Å². The lowest BCUT2D eigenvalue weighted by atomic mass is 10.0. The first-order valence-electron chi connectivity index (χ1n) is 11.4. The van der Waals surface area contributed by atoms with E-state index in [1.165, 1.54) is 0 Å². The summed E-state index contributed by atoms with van der Waals surface area (Å²) in [6.45, 7) is 6.02. The molecule has 0 aliphatic carbocycles. The Hall–Kier alpha value is -2.96. The summed E-state index contributed by atoms with van der Waals surface area (Å²) >= 11 is 5.98. The molecule has 1 amide bonds. The van der Waals surface area contributed by atoms with Gasteiger partial charge in [-0.05, 0) is 76.2 Å². The van der Waals surface area contributed by atoms with Crippen molar-refractivity contribution in [2.45, 2.75) is 38.8 Å². The molecular formula is C26H30ClN5O. The quantitative estimate of drug-likeness (QED) is 0.524. The molecule has 0 bridgehead atoms. The van der Waals surface area contributed by atoms with E-state index >= 15 is 0 Å². The van der Waals surface area contributed by atoms with E-state index in [0.29, 0.717) is 28.6 Å². The molecule has 1 saturated heterocycles. The van der Waals surface area contributed by atoms with Gasteiger partial charge in [0.05, 0.1) is 5.69 Å². The molecule has 0 saturated carbocycles. The zero-order valence-electron chi connectivity index (χ0n) is 19.3. The van der Waals surface area contributed by atoms with Gasteiger partial charge in [0.2, 0.25) is 5.95 Å². The Kier molecular flexibility index (Phi) is 7.26. The first-order valence-corrected chi connectivity index (χ1v) is 11.8. The number of nitrogens with one attached hydrogen (secondary N) is 1. The number of hydrogen-bond donors (Lipinski definition) is 1. The highest BCUT2D eigenvalue weighted by Gasteiger charge is 2.26. The van der Waals surface area contributed by atoms with Gasteiger partial charge in [0.15, 0.2) is 0 Å². The van der Waals surface area contributed by atoms with Gasteiger partial charge in [-0.3, -0.25) is 4.79 Å². The van der Waals surface area contributed by atoms with Gasteiger partial charge < -0.3 is 15.1 Å². The Bertz CT molecular complexity index is 1080. The van der Waals surface area contributed by atoms with Crippen molar-refractivity contribution in [3.63, 3.8) is 0 Å². The van der Waals surface area contributed by atoms with E-state index < -0.39 is 0 Å². The number of rotatable bonds is 6. The Morgan fingerprint density at radius 3 is 2.36 bits per heavy atom. The minimum absolute atomic E-state index is 0.0909. The number of benzene rings is 2. The zero-order valence-corrected chi connectivity index (χ0v) is 20.1. The average molecular weight is 464 g/mol. The third-order valence-electron chi connectivity index (χ3n) is 6.33. The van der Waals surface area contributed by atoms with Crippen molar-refractivity contribution < 1.29 is 4.79 Å². The fourth-order valence-corrected chi connectivity index (χ4v) is 4.23. The largest absolute Gasteiger partial charge is 0.339 e. The number of amides is 1. The van der Waals surface area contributed by atoms with E-state index in [2.05, 4.69) is 41.1 Å². The number of halogens is 1. The lowest BCUT2D eigenvalue weighted by Gasteiger charge is -2.38. The van der Waals surface area contributed by atoms with Crippen LogP contribution in [0, 0.1) is 0 Å². The van der Waals surface area contributed by atoms with Crippen LogP contribution >= 0.6 is 11.6 Å². The summed E-state index contributed by atoms with van der Waals surface area (Å²) < 4.78 is 0. The molecule has 1 aromatic heterocycles. The van der Waals surface area contributed by atoms with E-state index in [9.17, 15) is 4.79 Å². The van der Waals surface area contributed by atoms with Gasteiger partial charge in [-0.2, -0.15) is 0 Å².